The third-order valence-corrected chi connectivity index (χ3v) is 8.71. The van der Waals surface area contributed by atoms with Gasteiger partial charge in [0.1, 0.15) is 0 Å². The molecule has 0 bridgehead atoms. The van der Waals surface area contributed by atoms with E-state index < -0.39 is 11.9 Å². The number of rotatable bonds is 36. The van der Waals surface area contributed by atoms with Crippen LogP contribution in [-0.2, 0) is 28.4 Å². The highest BCUT2D eigenvalue weighted by molar-refractivity contribution is 4.73. The van der Waals surface area contributed by atoms with Crippen LogP contribution in [0, 0.1) is 0 Å². The quantitative estimate of drug-likeness (QED) is 0.0537. The molecule has 1 N–H and O–H groups in total. The molecular formula is C38H79NO6. The molecule has 272 valence electrons. The molecule has 0 aromatic carbocycles. The monoisotopic (exact) mass is 646 g/mol. The fraction of sp³-hybridized carbons (Fsp3) is 1.00. The van der Waals surface area contributed by atoms with E-state index in [4.69, 9.17) is 28.4 Å². The van der Waals surface area contributed by atoms with Crippen molar-refractivity contribution in [3.63, 3.8) is 0 Å². The Balaban J connectivity index is 4.01. The van der Waals surface area contributed by atoms with Crippen LogP contribution in [0.3, 0.4) is 0 Å². The molecule has 0 saturated carbocycles. The predicted octanol–water partition coefficient (Wildman–Crippen LogP) is 10.7. The van der Waals surface area contributed by atoms with Gasteiger partial charge in [-0.25, -0.2) is 0 Å². The molecule has 0 fully saturated rings. The van der Waals surface area contributed by atoms with Gasteiger partial charge in [-0.3, -0.25) is 0 Å². The summed E-state index contributed by atoms with van der Waals surface area (Å²) in [5.74, 6) is -1.69. The lowest BCUT2D eigenvalue weighted by Gasteiger charge is -2.32. The van der Waals surface area contributed by atoms with Gasteiger partial charge in [0.25, 0.3) is 11.9 Å². The van der Waals surface area contributed by atoms with Gasteiger partial charge in [0.05, 0.1) is 0 Å². The highest BCUT2D eigenvalue weighted by Crippen LogP contribution is 2.25. The van der Waals surface area contributed by atoms with Crippen LogP contribution < -0.4 is 5.32 Å². The Morgan fingerprint density at radius 2 is 0.600 bits per heavy atom. The molecule has 45 heavy (non-hydrogen) atoms. The number of hydrogen-bond acceptors (Lipinski definition) is 7. The average molecular weight is 646 g/mol. The van der Waals surface area contributed by atoms with Crippen LogP contribution in [0.2, 0.25) is 0 Å². The van der Waals surface area contributed by atoms with Gasteiger partial charge in [-0.05, 0) is 80.1 Å². The van der Waals surface area contributed by atoms with Gasteiger partial charge >= 0.3 is 0 Å². The SMILES string of the molecule is CCOC(CCCCCCCCCC(CC)NC(CC)CCCCCCCCCC(OCC)(OCC)OCC)(OCC)OCC. The van der Waals surface area contributed by atoms with E-state index in [1.165, 1.54) is 103 Å². The number of nitrogens with one attached hydrogen (secondary N) is 1. The first-order valence-electron chi connectivity index (χ1n) is 19.5. The second-order valence-corrected chi connectivity index (χ2v) is 12.4. The fourth-order valence-corrected chi connectivity index (χ4v) is 6.38. The molecule has 0 spiro atoms. The molecular weight excluding hydrogens is 566 g/mol. The Hall–Kier alpha value is -0.280. The minimum atomic E-state index is -0.843. The van der Waals surface area contributed by atoms with Crippen molar-refractivity contribution in [1.82, 2.24) is 5.32 Å². The molecule has 0 heterocycles. The maximum Gasteiger partial charge on any atom is 0.282 e. The van der Waals surface area contributed by atoms with E-state index in [0.717, 1.165) is 25.7 Å². The van der Waals surface area contributed by atoms with E-state index in [1.807, 2.05) is 41.5 Å². The van der Waals surface area contributed by atoms with E-state index in [1.54, 1.807) is 0 Å². The Morgan fingerprint density at radius 1 is 0.356 bits per heavy atom. The summed E-state index contributed by atoms with van der Waals surface area (Å²) >= 11 is 0. The smallest absolute Gasteiger partial charge is 0.282 e. The van der Waals surface area contributed by atoms with E-state index in [-0.39, 0.29) is 0 Å². The molecule has 0 aliphatic heterocycles. The largest absolute Gasteiger partial charge is 0.328 e. The lowest BCUT2D eigenvalue weighted by atomic mass is 9.99. The van der Waals surface area contributed by atoms with Crippen molar-refractivity contribution < 1.29 is 28.4 Å². The van der Waals surface area contributed by atoms with Gasteiger partial charge in [-0.2, -0.15) is 0 Å². The molecule has 0 aliphatic rings. The van der Waals surface area contributed by atoms with Crippen molar-refractivity contribution in [3.05, 3.63) is 0 Å². The minimum absolute atomic E-state index is 0.607. The summed E-state index contributed by atoms with van der Waals surface area (Å²) in [6, 6.07) is 1.33. The van der Waals surface area contributed by atoms with Crippen LogP contribution in [-0.4, -0.2) is 63.7 Å². The molecule has 0 saturated heterocycles. The fourth-order valence-electron chi connectivity index (χ4n) is 6.38. The zero-order valence-electron chi connectivity index (χ0n) is 31.5. The molecule has 7 nitrogen and oxygen atoms in total. The average Bonchev–Trinajstić information content (AvgIpc) is 3.02. The first-order chi connectivity index (χ1) is 21.9. The van der Waals surface area contributed by atoms with Gasteiger partial charge in [0.2, 0.25) is 0 Å². The highest BCUT2D eigenvalue weighted by Gasteiger charge is 2.32. The summed E-state index contributed by atoms with van der Waals surface area (Å²) in [5.41, 5.74) is 0. The Bertz CT molecular complexity index is 523. The second kappa shape index (κ2) is 31.0. The van der Waals surface area contributed by atoms with Crippen molar-refractivity contribution in [2.75, 3.05) is 39.6 Å². The lowest BCUT2D eigenvalue weighted by Crippen LogP contribution is -2.39. The molecule has 0 aromatic rings. The molecule has 2 atom stereocenters. The zero-order valence-corrected chi connectivity index (χ0v) is 31.5. The maximum atomic E-state index is 5.85. The standard InChI is InChI=1S/C38H79NO6/c1-9-35(31-27-23-19-17-21-25-29-33-37(40-11-3,41-12-4)42-13-5)39-36(10-2)32-28-24-20-18-22-26-30-34-38(43-14-6,44-15-7)45-16-8/h35-36,39H,9-34H2,1-8H3. The van der Waals surface area contributed by atoms with Crippen molar-refractivity contribution in [3.8, 4) is 0 Å². The number of hydrogen-bond donors (Lipinski definition) is 1. The molecule has 0 radical (unpaired) electrons. The normalized spacial score (nSPS) is 13.9. The van der Waals surface area contributed by atoms with Gasteiger partial charge in [-0.1, -0.05) is 90.9 Å². The molecule has 7 heteroatoms. The van der Waals surface area contributed by atoms with E-state index in [9.17, 15) is 0 Å². The number of ether oxygens (including phenoxy) is 6. The van der Waals surface area contributed by atoms with E-state index >= 15 is 0 Å². The third-order valence-electron chi connectivity index (χ3n) is 8.71. The Kier molecular flexibility index (Phi) is 30.8. The van der Waals surface area contributed by atoms with Crippen LogP contribution >= 0.6 is 0 Å². The second-order valence-electron chi connectivity index (χ2n) is 12.4. The highest BCUT2D eigenvalue weighted by atomic mass is 16.9. The van der Waals surface area contributed by atoms with Gasteiger partial charge in [-0.15, -0.1) is 0 Å². The van der Waals surface area contributed by atoms with Crippen molar-refractivity contribution in [2.45, 2.75) is 208 Å². The first-order valence-corrected chi connectivity index (χ1v) is 19.5. The summed E-state index contributed by atoms with van der Waals surface area (Å²) in [6.45, 7) is 20.3. The first kappa shape index (κ1) is 44.7. The van der Waals surface area contributed by atoms with Crippen LogP contribution in [0.5, 0.6) is 0 Å². The molecule has 2 unspecified atom stereocenters. The van der Waals surface area contributed by atoms with Crippen LogP contribution in [0.15, 0.2) is 0 Å². The predicted molar refractivity (Wildman–Crippen MR) is 190 cm³/mol. The Labute approximate surface area is 280 Å². The van der Waals surface area contributed by atoms with Crippen molar-refractivity contribution in [2.24, 2.45) is 0 Å². The van der Waals surface area contributed by atoms with Crippen LogP contribution in [0.1, 0.15) is 184 Å². The zero-order chi connectivity index (χ0) is 33.5. The summed E-state index contributed by atoms with van der Waals surface area (Å²) in [4.78, 5) is 0. The minimum Gasteiger partial charge on any atom is -0.328 e. The van der Waals surface area contributed by atoms with Crippen molar-refractivity contribution in [1.29, 1.82) is 0 Å². The topological polar surface area (TPSA) is 67.4 Å². The van der Waals surface area contributed by atoms with Gasteiger partial charge in [0.15, 0.2) is 0 Å². The molecule has 0 aliphatic carbocycles. The Morgan fingerprint density at radius 3 is 0.844 bits per heavy atom. The van der Waals surface area contributed by atoms with Gasteiger partial charge < -0.3 is 33.7 Å². The summed E-state index contributed by atoms with van der Waals surface area (Å²) in [5, 5.41) is 4.01. The van der Waals surface area contributed by atoms with Crippen LogP contribution in [0.25, 0.3) is 0 Å². The molecule has 0 amide bonds. The van der Waals surface area contributed by atoms with E-state index in [2.05, 4.69) is 19.2 Å². The van der Waals surface area contributed by atoms with Crippen molar-refractivity contribution >= 4 is 0 Å². The third kappa shape index (κ3) is 22.8. The number of unbranched alkanes of at least 4 members (excludes halogenated alkanes) is 12. The van der Waals surface area contributed by atoms with Gasteiger partial charge in [0, 0.05) is 64.6 Å². The maximum absolute atomic E-state index is 5.85. The molecule has 0 rings (SSSR count). The summed E-state index contributed by atoms with van der Waals surface area (Å²) < 4.78 is 35.1. The van der Waals surface area contributed by atoms with Crippen LogP contribution in [0.4, 0.5) is 0 Å². The summed E-state index contributed by atoms with van der Waals surface area (Å²) in [6.07, 6.45) is 24.6. The molecule has 0 aromatic heterocycles. The summed E-state index contributed by atoms with van der Waals surface area (Å²) in [7, 11) is 0. The lowest BCUT2D eigenvalue weighted by molar-refractivity contribution is -0.380. The van der Waals surface area contributed by atoms with E-state index in [0.29, 0.717) is 51.7 Å².